The standard InChI is InChI=1S/C25H29N5O4S2/c1-7-12-30-21(15-8-10-16(11-9-15)25(3,4)5)28-29-24(30)35-13-17(31)27-22-18(23(33)34-6)14(2)19(36-22)20(26)32/h7-11H,1,12-13H2,2-6H3,(H2,26,32)(H,27,31). The number of nitrogens with zero attached hydrogens (tertiary/aromatic N) is 3. The van der Waals surface area contributed by atoms with Gasteiger partial charge in [-0.25, -0.2) is 4.79 Å². The maximum atomic E-state index is 12.7. The highest BCUT2D eigenvalue weighted by atomic mass is 32.2. The van der Waals surface area contributed by atoms with Crippen molar-refractivity contribution in [3.8, 4) is 11.4 Å². The van der Waals surface area contributed by atoms with E-state index in [0.29, 0.717) is 23.1 Å². The van der Waals surface area contributed by atoms with Crippen LogP contribution in [0.15, 0.2) is 42.1 Å². The van der Waals surface area contributed by atoms with Crippen molar-refractivity contribution < 1.29 is 19.1 Å². The summed E-state index contributed by atoms with van der Waals surface area (Å²) in [6, 6.07) is 8.17. The van der Waals surface area contributed by atoms with Crippen molar-refractivity contribution in [2.45, 2.75) is 44.8 Å². The van der Waals surface area contributed by atoms with E-state index in [1.54, 1.807) is 13.0 Å². The van der Waals surface area contributed by atoms with E-state index in [1.807, 2.05) is 16.7 Å². The lowest BCUT2D eigenvalue weighted by Crippen LogP contribution is -2.16. The molecule has 36 heavy (non-hydrogen) atoms. The molecule has 0 radical (unpaired) electrons. The van der Waals surface area contributed by atoms with E-state index in [2.05, 4.69) is 55.0 Å². The Morgan fingerprint density at radius 3 is 2.44 bits per heavy atom. The van der Waals surface area contributed by atoms with Crippen molar-refractivity contribution in [1.82, 2.24) is 14.8 Å². The number of benzene rings is 1. The first-order chi connectivity index (χ1) is 17.0. The Hall–Kier alpha value is -3.44. The van der Waals surface area contributed by atoms with Crippen molar-refractivity contribution in [2.24, 2.45) is 5.73 Å². The van der Waals surface area contributed by atoms with Gasteiger partial charge in [0.05, 0.1) is 23.3 Å². The van der Waals surface area contributed by atoms with Gasteiger partial charge in [-0.05, 0) is 23.5 Å². The number of thioether (sulfide) groups is 1. The Bertz CT molecular complexity index is 1300. The van der Waals surface area contributed by atoms with Crippen LogP contribution >= 0.6 is 23.1 Å². The molecule has 0 aliphatic rings. The number of methoxy groups -OCH3 is 1. The summed E-state index contributed by atoms with van der Waals surface area (Å²) in [5, 5.41) is 12.1. The number of esters is 1. The third-order valence-electron chi connectivity index (χ3n) is 5.38. The van der Waals surface area contributed by atoms with E-state index in [9.17, 15) is 14.4 Å². The fraction of sp³-hybridized carbons (Fsp3) is 0.320. The van der Waals surface area contributed by atoms with Crippen LogP contribution in [0.5, 0.6) is 0 Å². The molecule has 0 unspecified atom stereocenters. The summed E-state index contributed by atoms with van der Waals surface area (Å²) in [6.45, 7) is 12.3. The van der Waals surface area contributed by atoms with E-state index >= 15 is 0 Å². The van der Waals surface area contributed by atoms with Crippen LogP contribution in [0.4, 0.5) is 5.00 Å². The molecule has 0 spiro atoms. The molecule has 11 heteroatoms. The summed E-state index contributed by atoms with van der Waals surface area (Å²) in [4.78, 5) is 36.9. The predicted molar refractivity (Wildman–Crippen MR) is 143 cm³/mol. The molecule has 2 aromatic heterocycles. The number of allylic oxidation sites excluding steroid dienone is 1. The average molecular weight is 528 g/mol. The molecule has 190 valence electrons. The summed E-state index contributed by atoms with van der Waals surface area (Å²) in [5.41, 5.74) is 8.05. The molecule has 2 amide bonds. The van der Waals surface area contributed by atoms with Gasteiger partial charge in [0.2, 0.25) is 5.91 Å². The number of carbonyl (C=O) groups is 3. The Morgan fingerprint density at radius 1 is 1.22 bits per heavy atom. The van der Waals surface area contributed by atoms with Gasteiger partial charge in [0.1, 0.15) is 5.00 Å². The van der Waals surface area contributed by atoms with Crippen molar-refractivity contribution >= 4 is 45.9 Å². The number of hydrogen-bond acceptors (Lipinski definition) is 8. The second-order valence-corrected chi connectivity index (χ2v) is 10.9. The number of carbonyl (C=O) groups excluding carboxylic acids is 3. The number of aromatic nitrogens is 3. The monoisotopic (exact) mass is 527 g/mol. The summed E-state index contributed by atoms with van der Waals surface area (Å²) in [6.07, 6.45) is 1.74. The Labute approximate surface area is 218 Å². The second kappa shape index (κ2) is 11.1. The summed E-state index contributed by atoms with van der Waals surface area (Å²) >= 11 is 2.14. The van der Waals surface area contributed by atoms with Crippen molar-refractivity contribution in [3.63, 3.8) is 0 Å². The lowest BCUT2D eigenvalue weighted by molar-refractivity contribution is -0.113. The quantitative estimate of drug-likeness (QED) is 0.239. The third-order valence-corrected chi connectivity index (χ3v) is 7.57. The van der Waals surface area contributed by atoms with Crippen LogP contribution in [0.25, 0.3) is 11.4 Å². The van der Waals surface area contributed by atoms with E-state index in [0.717, 1.165) is 16.9 Å². The summed E-state index contributed by atoms with van der Waals surface area (Å²) < 4.78 is 6.69. The highest BCUT2D eigenvalue weighted by molar-refractivity contribution is 7.99. The van der Waals surface area contributed by atoms with Crippen LogP contribution < -0.4 is 11.1 Å². The molecule has 1 aromatic carbocycles. The normalized spacial score (nSPS) is 11.2. The minimum absolute atomic E-state index is 0.00169. The maximum Gasteiger partial charge on any atom is 0.341 e. The smallest absolute Gasteiger partial charge is 0.341 e. The van der Waals surface area contributed by atoms with Gasteiger partial charge in [-0.15, -0.1) is 28.1 Å². The molecule has 0 bridgehead atoms. The van der Waals surface area contributed by atoms with Gasteiger partial charge >= 0.3 is 5.97 Å². The number of nitrogens with one attached hydrogen (secondary N) is 1. The first kappa shape index (κ1) is 27.2. The highest BCUT2D eigenvalue weighted by Crippen LogP contribution is 2.34. The zero-order chi connectivity index (χ0) is 26.6. The first-order valence-corrected chi connectivity index (χ1v) is 12.9. The van der Waals surface area contributed by atoms with Gasteiger partial charge < -0.3 is 15.8 Å². The number of thiophene rings is 1. The lowest BCUT2D eigenvalue weighted by atomic mass is 9.87. The van der Waals surface area contributed by atoms with E-state index < -0.39 is 11.9 Å². The molecule has 3 rings (SSSR count). The Balaban J connectivity index is 1.79. The maximum absolute atomic E-state index is 12.7. The van der Waals surface area contributed by atoms with Crippen molar-refractivity contribution in [2.75, 3.05) is 18.2 Å². The molecule has 0 saturated carbocycles. The van der Waals surface area contributed by atoms with Crippen LogP contribution in [0.3, 0.4) is 0 Å². The lowest BCUT2D eigenvalue weighted by Gasteiger charge is -2.19. The van der Waals surface area contributed by atoms with Crippen LogP contribution in [-0.2, 0) is 21.5 Å². The first-order valence-electron chi connectivity index (χ1n) is 11.1. The Kier molecular flexibility index (Phi) is 8.36. The average Bonchev–Trinajstić information content (AvgIpc) is 3.37. The molecule has 3 N–H and O–H groups in total. The molecule has 3 aromatic rings. The Morgan fingerprint density at radius 2 is 1.89 bits per heavy atom. The van der Waals surface area contributed by atoms with Crippen molar-refractivity contribution in [3.05, 3.63) is 58.5 Å². The SMILES string of the molecule is C=CCn1c(SCC(=O)Nc2sc(C(N)=O)c(C)c2C(=O)OC)nnc1-c1ccc(C(C)(C)C)cc1. The number of ether oxygens (including phenoxy) is 1. The number of nitrogens with two attached hydrogens (primary N) is 1. The zero-order valence-electron chi connectivity index (χ0n) is 20.9. The molecular formula is C25H29N5O4S2. The van der Waals surface area contributed by atoms with Gasteiger partial charge in [-0.2, -0.15) is 0 Å². The highest BCUT2D eigenvalue weighted by Gasteiger charge is 2.25. The minimum atomic E-state index is -0.682. The molecule has 9 nitrogen and oxygen atoms in total. The molecule has 0 atom stereocenters. The van der Waals surface area contributed by atoms with E-state index in [-0.39, 0.29) is 32.5 Å². The number of hydrogen-bond donors (Lipinski definition) is 2. The van der Waals surface area contributed by atoms with Gasteiger partial charge in [0.25, 0.3) is 5.91 Å². The number of rotatable bonds is 9. The van der Waals surface area contributed by atoms with Gasteiger partial charge in [0.15, 0.2) is 11.0 Å². The fourth-order valence-electron chi connectivity index (χ4n) is 3.50. The largest absolute Gasteiger partial charge is 0.465 e. The second-order valence-electron chi connectivity index (χ2n) is 8.99. The summed E-state index contributed by atoms with van der Waals surface area (Å²) in [5.74, 6) is -1.05. The van der Waals surface area contributed by atoms with Crippen LogP contribution in [0, 0.1) is 6.92 Å². The molecule has 0 aliphatic heterocycles. The van der Waals surface area contributed by atoms with E-state index in [1.165, 1.54) is 24.4 Å². The number of anilines is 1. The van der Waals surface area contributed by atoms with Gasteiger partial charge in [0, 0.05) is 12.1 Å². The van der Waals surface area contributed by atoms with Crippen LogP contribution in [0.2, 0.25) is 0 Å². The molecule has 0 saturated heterocycles. The topological polar surface area (TPSA) is 129 Å². The zero-order valence-corrected chi connectivity index (χ0v) is 22.5. The van der Waals surface area contributed by atoms with Gasteiger partial charge in [-0.3, -0.25) is 14.2 Å². The molecule has 0 fully saturated rings. The van der Waals surface area contributed by atoms with Crippen molar-refractivity contribution in [1.29, 1.82) is 0 Å². The van der Waals surface area contributed by atoms with Gasteiger partial charge in [-0.1, -0.05) is 62.9 Å². The van der Waals surface area contributed by atoms with Crippen LogP contribution in [-0.4, -0.2) is 45.4 Å². The minimum Gasteiger partial charge on any atom is -0.465 e. The number of amides is 2. The molecular weight excluding hydrogens is 498 g/mol. The fourth-order valence-corrected chi connectivity index (χ4v) is 5.31. The van der Waals surface area contributed by atoms with Crippen LogP contribution in [0.1, 0.15) is 51.9 Å². The predicted octanol–water partition coefficient (Wildman–Crippen LogP) is 4.41. The third kappa shape index (κ3) is 5.85. The molecule has 2 heterocycles. The molecule has 0 aliphatic carbocycles. The number of primary amides is 1. The van der Waals surface area contributed by atoms with E-state index in [4.69, 9.17) is 10.5 Å². The summed E-state index contributed by atoms with van der Waals surface area (Å²) in [7, 11) is 1.23.